The third-order valence-corrected chi connectivity index (χ3v) is 4.05. The predicted molar refractivity (Wildman–Crippen MR) is 104 cm³/mol. The number of aromatic nitrogens is 5. The molecule has 3 aromatic heterocycles. The molecule has 0 aliphatic heterocycles. The lowest BCUT2D eigenvalue weighted by molar-refractivity contribution is 0.250. The van der Waals surface area contributed by atoms with Gasteiger partial charge in [0.15, 0.2) is 5.82 Å². The second kappa shape index (κ2) is 8.09. The fourth-order valence-electron chi connectivity index (χ4n) is 2.74. The van der Waals surface area contributed by atoms with Crippen LogP contribution in [0.2, 0.25) is 0 Å². The monoisotopic (exact) mass is 371 g/mol. The number of hydrogen-bond acceptors (Lipinski definition) is 5. The van der Waals surface area contributed by atoms with Gasteiger partial charge in [-0.3, -0.25) is 4.98 Å². The van der Waals surface area contributed by atoms with Gasteiger partial charge in [-0.05, 0) is 29.8 Å². The molecule has 3 heterocycles. The third kappa shape index (κ3) is 4.01. The van der Waals surface area contributed by atoms with Gasteiger partial charge in [0.2, 0.25) is 0 Å². The number of carbonyl (C=O) groups excluding carboxylic acids is 1. The van der Waals surface area contributed by atoms with Crippen molar-refractivity contribution < 1.29 is 4.79 Å². The molecule has 4 rings (SSSR count). The summed E-state index contributed by atoms with van der Waals surface area (Å²) in [6.07, 6.45) is 6.26. The van der Waals surface area contributed by atoms with Gasteiger partial charge < -0.3 is 10.6 Å². The average Bonchev–Trinajstić information content (AvgIpc) is 3.29. The minimum absolute atomic E-state index is 0.352. The molecule has 0 unspecified atom stereocenters. The van der Waals surface area contributed by atoms with Crippen molar-refractivity contribution in [1.29, 1.82) is 0 Å². The fraction of sp³-hybridized carbons (Fsp3) is 0.0500. The second-order valence-electron chi connectivity index (χ2n) is 5.94. The Kier molecular flexibility index (Phi) is 5.01. The Hall–Kier alpha value is -4.07. The Balaban J connectivity index is 1.49. The predicted octanol–water partition coefficient (Wildman–Crippen LogP) is 2.97. The third-order valence-electron chi connectivity index (χ3n) is 4.05. The summed E-state index contributed by atoms with van der Waals surface area (Å²) in [6, 6.07) is 18.1. The highest BCUT2D eigenvalue weighted by atomic mass is 16.2. The number of benzene rings is 1. The quantitative estimate of drug-likeness (QED) is 0.562. The SMILES string of the molecule is O=C(Nc1ccc(-n2cncn2)nc1)N[C@H](c1ccccc1)c1ccccn1. The normalized spacial score (nSPS) is 11.6. The molecule has 28 heavy (non-hydrogen) atoms. The van der Waals surface area contributed by atoms with Crippen LogP contribution in [-0.2, 0) is 0 Å². The Morgan fingerprint density at radius 2 is 1.82 bits per heavy atom. The molecule has 2 N–H and O–H groups in total. The first-order valence-corrected chi connectivity index (χ1v) is 8.64. The van der Waals surface area contributed by atoms with E-state index in [9.17, 15) is 4.79 Å². The molecule has 0 radical (unpaired) electrons. The van der Waals surface area contributed by atoms with Crippen molar-refractivity contribution in [1.82, 2.24) is 30.0 Å². The van der Waals surface area contributed by atoms with Gasteiger partial charge in [0.1, 0.15) is 12.7 Å². The Bertz CT molecular complexity index is 980. The van der Waals surface area contributed by atoms with Crippen molar-refractivity contribution in [3.8, 4) is 5.82 Å². The van der Waals surface area contributed by atoms with Gasteiger partial charge in [-0.25, -0.2) is 19.4 Å². The lowest BCUT2D eigenvalue weighted by atomic mass is 10.0. The van der Waals surface area contributed by atoms with Gasteiger partial charge in [-0.2, -0.15) is 5.10 Å². The van der Waals surface area contributed by atoms with E-state index in [1.165, 1.54) is 11.0 Å². The van der Waals surface area contributed by atoms with E-state index in [1.807, 2.05) is 48.5 Å². The van der Waals surface area contributed by atoms with E-state index in [1.54, 1.807) is 30.9 Å². The fourth-order valence-corrected chi connectivity index (χ4v) is 2.74. The Labute approximate surface area is 161 Å². The zero-order valence-corrected chi connectivity index (χ0v) is 14.8. The van der Waals surface area contributed by atoms with E-state index in [4.69, 9.17) is 0 Å². The van der Waals surface area contributed by atoms with E-state index in [0.29, 0.717) is 11.5 Å². The van der Waals surface area contributed by atoms with Gasteiger partial charge in [-0.15, -0.1) is 0 Å². The van der Waals surface area contributed by atoms with Crippen LogP contribution in [-0.4, -0.2) is 30.8 Å². The summed E-state index contributed by atoms with van der Waals surface area (Å²) in [5, 5.41) is 9.79. The van der Waals surface area contributed by atoms with E-state index < -0.39 is 0 Å². The zero-order chi connectivity index (χ0) is 19.2. The van der Waals surface area contributed by atoms with Gasteiger partial charge >= 0.3 is 6.03 Å². The maximum Gasteiger partial charge on any atom is 0.320 e. The largest absolute Gasteiger partial charge is 0.325 e. The van der Waals surface area contributed by atoms with E-state index in [2.05, 4.69) is 30.7 Å². The number of nitrogens with zero attached hydrogens (tertiary/aromatic N) is 5. The summed E-state index contributed by atoms with van der Waals surface area (Å²) in [6.45, 7) is 0. The highest BCUT2D eigenvalue weighted by molar-refractivity contribution is 5.89. The number of hydrogen-bond donors (Lipinski definition) is 2. The number of anilines is 1. The maximum atomic E-state index is 12.6. The van der Waals surface area contributed by atoms with Crippen molar-refractivity contribution in [2.24, 2.45) is 0 Å². The molecule has 0 bridgehead atoms. The molecule has 0 spiro atoms. The summed E-state index contributed by atoms with van der Waals surface area (Å²) in [5.74, 6) is 0.610. The average molecular weight is 371 g/mol. The molecule has 0 aliphatic carbocycles. The highest BCUT2D eigenvalue weighted by Gasteiger charge is 2.18. The molecule has 1 atom stereocenters. The van der Waals surface area contributed by atoms with E-state index in [0.717, 1.165) is 11.3 Å². The molecule has 0 aliphatic rings. The minimum Gasteiger partial charge on any atom is -0.325 e. The van der Waals surface area contributed by atoms with Gasteiger partial charge in [-0.1, -0.05) is 36.4 Å². The van der Waals surface area contributed by atoms with Crippen LogP contribution in [0.15, 0.2) is 85.7 Å². The number of urea groups is 1. The lowest BCUT2D eigenvalue weighted by Gasteiger charge is -2.19. The summed E-state index contributed by atoms with van der Waals surface area (Å²) in [5.41, 5.74) is 2.26. The smallest absolute Gasteiger partial charge is 0.320 e. The van der Waals surface area contributed by atoms with Crippen LogP contribution in [0.4, 0.5) is 10.5 Å². The van der Waals surface area contributed by atoms with Gasteiger partial charge in [0, 0.05) is 6.20 Å². The van der Waals surface area contributed by atoms with Crippen LogP contribution in [0.5, 0.6) is 0 Å². The summed E-state index contributed by atoms with van der Waals surface area (Å²) in [7, 11) is 0. The Morgan fingerprint density at radius 3 is 2.50 bits per heavy atom. The molecule has 1 aromatic carbocycles. The van der Waals surface area contributed by atoms with Crippen molar-refractivity contribution in [3.05, 3.63) is 97.0 Å². The first kappa shape index (κ1) is 17.3. The number of carbonyl (C=O) groups is 1. The first-order valence-electron chi connectivity index (χ1n) is 8.64. The second-order valence-corrected chi connectivity index (χ2v) is 5.94. The molecule has 2 amide bonds. The zero-order valence-electron chi connectivity index (χ0n) is 14.8. The molecular weight excluding hydrogens is 354 g/mol. The van der Waals surface area contributed by atoms with Crippen LogP contribution >= 0.6 is 0 Å². The number of nitrogens with one attached hydrogen (secondary N) is 2. The van der Waals surface area contributed by atoms with Gasteiger partial charge in [0.25, 0.3) is 0 Å². The van der Waals surface area contributed by atoms with Crippen molar-refractivity contribution in [2.75, 3.05) is 5.32 Å². The molecule has 138 valence electrons. The molecule has 0 saturated heterocycles. The van der Waals surface area contributed by atoms with E-state index >= 15 is 0 Å². The van der Waals surface area contributed by atoms with Gasteiger partial charge in [0.05, 0.1) is 23.6 Å². The number of rotatable bonds is 5. The Morgan fingerprint density at radius 1 is 0.964 bits per heavy atom. The maximum absolute atomic E-state index is 12.6. The van der Waals surface area contributed by atoms with Crippen LogP contribution < -0.4 is 10.6 Å². The standard InChI is InChI=1S/C20H17N7O/c28-20(25-16-9-10-18(23-12-16)27-14-21-13-24-27)26-19(15-6-2-1-3-7-15)17-8-4-5-11-22-17/h1-14,19H,(H2,25,26,28)/t19-/m1/s1. The highest BCUT2D eigenvalue weighted by Crippen LogP contribution is 2.20. The number of amides is 2. The minimum atomic E-state index is -0.371. The van der Waals surface area contributed by atoms with Crippen molar-refractivity contribution in [3.63, 3.8) is 0 Å². The lowest BCUT2D eigenvalue weighted by Crippen LogP contribution is -2.33. The van der Waals surface area contributed by atoms with Crippen LogP contribution in [0.3, 0.4) is 0 Å². The molecular formula is C20H17N7O. The molecule has 0 saturated carbocycles. The summed E-state index contributed by atoms with van der Waals surface area (Å²) >= 11 is 0. The molecule has 4 aromatic rings. The molecule has 8 nitrogen and oxygen atoms in total. The number of pyridine rings is 2. The van der Waals surface area contributed by atoms with Crippen molar-refractivity contribution >= 4 is 11.7 Å². The summed E-state index contributed by atoms with van der Waals surface area (Å²) in [4.78, 5) is 25.1. The summed E-state index contributed by atoms with van der Waals surface area (Å²) < 4.78 is 1.54. The molecule has 8 heteroatoms. The van der Waals surface area contributed by atoms with Crippen LogP contribution in [0, 0.1) is 0 Å². The topological polar surface area (TPSA) is 97.6 Å². The van der Waals surface area contributed by atoms with E-state index in [-0.39, 0.29) is 12.1 Å². The first-order chi connectivity index (χ1) is 13.8. The van der Waals surface area contributed by atoms with Crippen LogP contribution in [0.1, 0.15) is 17.3 Å². The molecule has 0 fully saturated rings. The van der Waals surface area contributed by atoms with Crippen LogP contribution in [0.25, 0.3) is 5.82 Å². The van der Waals surface area contributed by atoms with Crippen molar-refractivity contribution in [2.45, 2.75) is 6.04 Å².